The molecule has 2 aromatic rings. The standard InChI is InChI=1S/C20H28N6O/c1-16-13-24-25(15-16)11-4-10-22-20(21-2)23-14-17-6-8-18(9-7-17)26-12-3-5-19(26)27/h6-9,13,15H,3-5,10-12,14H2,1-2H3,(H2,21,22,23). The summed E-state index contributed by atoms with van der Waals surface area (Å²) in [7, 11) is 1.77. The van der Waals surface area contributed by atoms with Crippen LogP contribution >= 0.6 is 0 Å². The second kappa shape index (κ2) is 9.21. The lowest BCUT2D eigenvalue weighted by Gasteiger charge is -2.16. The highest BCUT2D eigenvalue weighted by Crippen LogP contribution is 2.21. The van der Waals surface area contributed by atoms with Crippen LogP contribution in [0.15, 0.2) is 41.7 Å². The Balaban J connectivity index is 1.40. The molecule has 1 saturated heterocycles. The summed E-state index contributed by atoms with van der Waals surface area (Å²) in [6.07, 6.45) is 6.50. The lowest BCUT2D eigenvalue weighted by molar-refractivity contribution is -0.117. The molecule has 1 aliphatic rings. The van der Waals surface area contributed by atoms with E-state index in [1.54, 1.807) is 7.05 Å². The number of carbonyl (C=O) groups excluding carboxylic acids is 1. The number of aromatic nitrogens is 2. The van der Waals surface area contributed by atoms with Crippen molar-refractivity contribution in [2.45, 2.75) is 39.3 Å². The van der Waals surface area contributed by atoms with Crippen LogP contribution in [0.4, 0.5) is 5.69 Å². The molecule has 0 unspecified atom stereocenters. The van der Waals surface area contributed by atoms with E-state index in [0.717, 1.165) is 49.7 Å². The average Bonchev–Trinajstić information content (AvgIpc) is 3.29. The summed E-state index contributed by atoms with van der Waals surface area (Å²) in [5.74, 6) is 1.00. The first kappa shape index (κ1) is 18.9. The third-order valence-corrected chi connectivity index (χ3v) is 4.62. The number of nitrogens with one attached hydrogen (secondary N) is 2. The van der Waals surface area contributed by atoms with Crippen molar-refractivity contribution in [2.24, 2.45) is 4.99 Å². The Bertz CT molecular complexity index is 780. The third kappa shape index (κ3) is 5.32. The summed E-state index contributed by atoms with van der Waals surface area (Å²) in [5, 5.41) is 10.9. The Hall–Kier alpha value is -2.83. The van der Waals surface area contributed by atoms with Crippen molar-refractivity contribution in [3.05, 3.63) is 47.8 Å². The molecule has 1 aromatic carbocycles. The van der Waals surface area contributed by atoms with E-state index in [0.29, 0.717) is 13.0 Å². The Morgan fingerprint density at radius 3 is 2.70 bits per heavy atom. The second-order valence-electron chi connectivity index (χ2n) is 6.80. The Morgan fingerprint density at radius 1 is 1.26 bits per heavy atom. The summed E-state index contributed by atoms with van der Waals surface area (Å²) < 4.78 is 1.96. The predicted molar refractivity (Wildman–Crippen MR) is 108 cm³/mol. The van der Waals surface area contributed by atoms with Gasteiger partial charge >= 0.3 is 0 Å². The van der Waals surface area contributed by atoms with Crippen LogP contribution in [0.1, 0.15) is 30.4 Å². The van der Waals surface area contributed by atoms with Crippen molar-refractivity contribution in [1.82, 2.24) is 20.4 Å². The number of aryl methyl sites for hydroxylation is 2. The fourth-order valence-electron chi connectivity index (χ4n) is 3.16. The van der Waals surface area contributed by atoms with Gasteiger partial charge in [0, 0.05) is 51.5 Å². The van der Waals surface area contributed by atoms with Gasteiger partial charge in [-0.3, -0.25) is 14.5 Å². The minimum atomic E-state index is 0.218. The molecule has 0 radical (unpaired) electrons. The maximum absolute atomic E-state index is 11.8. The van der Waals surface area contributed by atoms with E-state index in [1.807, 2.05) is 41.0 Å². The minimum Gasteiger partial charge on any atom is -0.356 e. The number of hydrogen-bond acceptors (Lipinski definition) is 3. The molecular formula is C20H28N6O. The van der Waals surface area contributed by atoms with Crippen molar-refractivity contribution < 1.29 is 4.79 Å². The van der Waals surface area contributed by atoms with Gasteiger partial charge in [-0.15, -0.1) is 0 Å². The molecule has 1 aliphatic heterocycles. The van der Waals surface area contributed by atoms with E-state index in [9.17, 15) is 4.79 Å². The van der Waals surface area contributed by atoms with E-state index < -0.39 is 0 Å². The first-order valence-corrected chi connectivity index (χ1v) is 9.48. The summed E-state index contributed by atoms with van der Waals surface area (Å²) >= 11 is 0. The van der Waals surface area contributed by atoms with Gasteiger partial charge in [-0.05, 0) is 43.0 Å². The zero-order valence-corrected chi connectivity index (χ0v) is 16.1. The van der Waals surface area contributed by atoms with Crippen LogP contribution in [0.5, 0.6) is 0 Å². The fourth-order valence-corrected chi connectivity index (χ4v) is 3.16. The van der Waals surface area contributed by atoms with Gasteiger partial charge in [0.05, 0.1) is 6.20 Å². The van der Waals surface area contributed by atoms with Crippen LogP contribution in [0, 0.1) is 6.92 Å². The number of carbonyl (C=O) groups is 1. The Morgan fingerprint density at radius 2 is 2.07 bits per heavy atom. The van der Waals surface area contributed by atoms with Gasteiger partial charge in [0.2, 0.25) is 5.91 Å². The lowest BCUT2D eigenvalue weighted by atomic mass is 10.2. The molecule has 7 heteroatoms. The lowest BCUT2D eigenvalue weighted by Crippen LogP contribution is -2.37. The number of anilines is 1. The first-order valence-electron chi connectivity index (χ1n) is 9.48. The van der Waals surface area contributed by atoms with Gasteiger partial charge in [-0.2, -0.15) is 5.10 Å². The summed E-state index contributed by atoms with van der Waals surface area (Å²) in [6.45, 7) is 5.27. The van der Waals surface area contributed by atoms with Gasteiger partial charge in [0.25, 0.3) is 0 Å². The SMILES string of the molecule is CN=C(NCCCn1cc(C)cn1)NCc1ccc(N2CCCC2=O)cc1. The molecule has 144 valence electrons. The monoisotopic (exact) mass is 368 g/mol. The van der Waals surface area contributed by atoms with E-state index in [4.69, 9.17) is 0 Å². The van der Waals surface area contributed by atoms with Gasteiger partial charge in [-0.1, -0.05) is 12.1 Å². The molecule has 1 aromatic heterocycles. The number of benzene rings is 1. The molecule has 0 bridgehead atoms. The second-order valence-corrected chi connectivity index (χ2v) is 6.80. The van der Waals surface area contributed by atoms with Crippen molar-refractivity contribution in [3.8, 4) is 0 Å². The van der Waals surface area contributed by atoms with Crippen molar-refractivity contribution in [3.63, 3.8) is 0 Å². The van der Waals surface area contributed by atoms with Crippen molar-refractivity contribution in [2.75, 3.05) is 25.0 Å². The zero-order chi connectivity index (χ0) is 19.1. The molecule has 0 spiro atoms. The van der Waals surface area contributed by atoms with Gasteiger partial charge in [0.1, 0.15) is 0 Å². The quantitative estimate of drug-likeness (QED) is 0.446. The number of nitrogens with zero attached hydrogens (tertiary/aromatic N) is 4. The van der Waals surface area contributed by atoms with Crippen molar-refractivity contribution in [1.29, 1.82) is 0 Å². The summed E-state index contributed by atoms with van der Waals surface area (Å²) in [4.78, 5) is 17.9. The molecule has 2 heterocycles. The third-order valence-electron chi connectivity index (χ3n) is 4.62. The molecule has 2 N–H and O–H groups in total. The first-order chi connectivity index (χ1) is 13.2. The van der Waals surface area contributed by atoms with Crippen LogP contribution < -0.4 is 15.5 Å². The number of amides is 1. The van der Waals surface area contributed by atoms with Gasteiger partial charge < -0.3 is 15.5 Å². The van der Waals surface area contributed by atoms with Crippen LogP contribution in [-0.4, -0.2) is 41.8 Å². The van der Waals surface area contributed by atoms with Gasteiger partial charge in [0.15, 0.2) is 5.96 Å². The van der Waals surface area contributed by atoms with Crippen molar-refractivity contribution >= 4 is 17.6 Å². The van der Waals surface area contributed by atoms with E-state index in [1.165, 1.54) is 5.56 Å². The highest BCUT2D eigenvalue weighted by molar-refractivity contribution is 5.95. The number of aliphatic imine (C=N–C) groups is 1. The van der Waals surface area contributed by atoms with E-state index in [-0.39, 0.29) is 5.91 Å². The maximum atomic E-state index is 11.8. The molecular weight excluding hydrogens is 340 g/mol. The van der Waals surface area contributed by atoms with Crippen LogP contribution in [0.3, 0.4) is 0 Å². The Labute approximate surface area is 160 Å². The average molecular weight is 368 g/mol. The molecule has 0 atom stereocenters. The molecule has 3 rings (SSSR count). The Kier molecular flexibility index (Phi) is 6.46. The highest BCUT2D eigenvalue weighted by atomic mass is 16.2. The zero-order valence-electron chi connectivity index (χ0n) is 16.1. The maximum Gasteiger partial charge on any atom is 0.227 e. The topological polar surface area (TPSA) is 74.6 Å². The molecule has 1 amide bonds. The molecule has 0 aliphatic carbocycles. The molecule has 7 nitrogen and oxygen atoms in total. The van der Waals surface area contributed by atoms with Crippen LogP contribution in [0.25, 0.3) is 0 Å². The number of hydrogen-bond donors (Lipinski definition) is 2. The normalized spacial score (nSPS) is 14.7. The molecule has 27 heavy (non-hydrogen) atoms. The summed E-state index contributed by atoms with van der Waals surface area (Å²) in [6, 6.07) is 8.15. The fraction of sp³-hybridized carbons (Fsp3) is 0.450. The highest BCUT2D eigenvalue weighted by Gasteiger charge is 2.21. The molecule has 1 fully saturated rings. The predicted octanol–water partition coefficient (Wildman–Crippen LogP) is 2.07. The smallest absolute Gasteiger partial charge is 0.227 e. The van der Waals surface area contributed by atoms with Gasteiger partial charge in [-0.25, -0.2) is 0 Å². The minimum absolute atomic E-state index is 0.218. The van der Waals surface area contributed by atoms with E-state index in [2.05, 4.69) is 32.9 Å². The number of rotatable bonds is 7. The summed E-state index contributed by atoms with van der Waals surface area (Å²) in [5.41, 5.74) is 3.32. The number of guanidine groups is 1. The largest absolute Gasteiger partial charge is 0.356 e. The van der Waals surface area contributed by atoms with E-state index >= 15 is 0 Å². The molecule has 0 saturated carbocycles. The van der Waals surface area contributed by atoms with Crippen LogP contribution in [-0.2, 0) is 17.9 Å². The van der Waals surface area contributed by atoms with Crippen LogP contribution in [0.2, 0.25) is 0 Å².